The van der Waals surface area contributed by atoms with Crippen molar-refractivity contribution in [3.63, 3.8) is 0 Å². The minimum Gasteiger partial charge on any atom is -0.351 e. The molecule has 0 saturated heterocycles. The van der Waals surface area contributed by atoms with Gasteiger partial charge in [0, 0.05) is 6.20 Å². The molecule has 0 bridgehead atoms. The van der Waals surface area contributed by atoms with E-state index in [1.807, 2.05) is 0 Å². The van der Waals surface area contributed by atoms with Crippen LogP contribution in [0.1, 0.15) is 5.69 Å². The van der Waals surface area contributed by atoms with Crippen molar-refractivity contribution in [3.8, 4) is 0 Å². The second-order valence-corrected chi connectivity index (χ2v) is 1.31. The Hall–Kier alpha value is -1.25. The molecule has 0 aliphatic carbocycles. The fourth-order valence-electron chi connectivity index (χ4n) is 0.439. The Morgan fingerprint density at radius 2 is 2.62 bits per heavy atom. The van der Waals surface area contributed by atoms with Gasteiger partial charge in [-0.25, -0.2) is 4.98 Å². The van der Waals surface area contributed by atoms with Crippen molar-refractivity contribution in [2.75, 3.05) is 0 Å². The molecule has 8 heavy (non-hydrogen) atoms. The third kappa shape index (κ3) is 0.872. The van der Waals surface area contributed by atoms with Crippen LogP contribution in [0.4, 0.5) is 0 Å². The van der Waals surface area contributed by atoms with Crippen LogP contribution in [0.15, 0.2) is 18.7 Å². The molecule has 0 aromatic carbocycles. The number of nitrogens with one attached hydrogen (secondary N) is 1. The van der Waals surface area contributed by atoms with Crippen LogP contribution in [0.25, 0.3) is 6.08 Å². The third-order valence-corrected chi connectivity index (χ3v) is 0.765. The van der Waals surface area contributed by atoms with Gasteiger partial charge in [-0.05, 0) is 6.08 Å². The molecule has 3 nitrogen and oxygen atoms in total. The topological polar surface area (TPSA) is 51.0 Å². The van der Waals surface area contributed by atoms with Gasteiger partial charge in [-0.3, -0.25) is 0 Å². The zero-order valence-corrected chi connectivity index (χ0v) is 4.20. The van der Waals surface area contributed by atoms with Gasteiger partial charge in [-0.2, -0.15) is 5.73 Å². The molecule has 1 aromatic rings. The number of rotatable bonds is 1. The lowest BCUT2D eigenvalue weighted by atomic mass is 10.5. The number of hydrogen-bond acceptors (Lipinski definition) is 1. The molecule has 0 aliphatic rings. The largest absolute Gasteiger partial charge is 0.351 e. The van der Waals surface area contributed by atoms with Gasteiger partial charge in [0.1, 0.15) is 0 Å². The van der Waals surface area contributed by atoms with E-state index in [9.17, 15) is 0 Å². The van der Waals surface area contributed by atoms with Crippen LogP contribution in [0.3, 0.4) is 0 Å². The van der Waals surface area contributed by atoms with Gasteiger partial charge in [-0.15, -0.1) is 0 Å². The van der Waals surface area contributed by atoms with Crippen LogP contribution < -0.4 is 5.73 Å². The van der Waals surface area contributed by atoms with Gasteiger partial charge in [0.05, 0.1) is 18.2 Å². The van der Waals surface area contributed by atoms with Crippen LogP contribution in [0.5, 0.6) is 0 Å². The van der Waals surface area contributed by atoms with Gasteiger partial charge in [-0.1, -0.05) is 0 Å². The van der Waals surface area contributed by atoms with Crippen molar-refractivity contribution in [1.29, 1.82) is 0 Å². The zero-order valence-electron chi connectivity index (χ0n) is 4.20. The van der Waals surface area contributed by atoms with Crippen LogP contribution >= 0.6 is 0 Å². The highest BCUT2D eigenvalue weighted by Crippen LogP contribution is 1.90. The van der Waals surface area contributed by atoms with Crippen LogP contribution in [-0.4, -0.2) is 9.97 Å². The van der Waals surface area contributed by atoms with Gasteiger partial charge >= 0.3 is 0 Å². The molecule has 3 heteroatoms. The monoisotopic (exact) mass is 107 g/mol. The minimum absolute atomic E-state index is 0.729. The molecule has 0 aliphatic heterocycles. The average molecular weight is 107 g/mol. The number of H-pyrrole nitrogens is 1. The molecule has 0 amide bonds. The summed E-state index contributed by atoms with van der Waals surface area (Å²) in [6.07, 6.45) is 5.69. The first-order valence-corrected chi connectivity index (χ1v) is 2.23. The summed E-state index contributed by atoms with van der Waals surface area (Å²) < 4.78 is 0. The second kappa shape index (κ2) is 2.16. The summed E-state index contributed by atoms with van der Waals surface area (Å²) in [5.41, 5.74) is 8.93. The van der Waals surface area contributed by atoms with E-state index in [1.54, 1.807) is 12.5 Å². The zero-order chi connectivity index (χ0) is 5.82. The summed E-state index contributed by atoms with van der Waals surface area (Å²) in [5, 5.41) is 0. The van der Waals surface area contributed by atoms with Crippen molar-refractivity contribution >= 4 is 6.08 Å². The van der Waals surface area contributed by atoms with E-state index in [1.165, 1.54) is 6.08 Å². The lowest BCUT2D eigenvalue weighted by molar-refractivity contribution is 1.30. The Morgan fingerprint density at radius 1 is 1.75 bits per heavy atom. The standard InChI is InChI=1S/C5H5N3/c6-2-1-5-3-7-4-8-5/h1-4H,(H,7,8). The number of hydrogen-bond donors (Lipinski definition) is 1. The first kappa shape index (κ1) is 4.90. The minimum atomic E-state index is 0.729. The highest BCUT2D eigenvalue weighted by molar-refractivity contribution is 5.41. The molecule has 1 rings (SSSR count). The lowest BCUT2D eigenvalue weighted by Crippen LogP contribution is -1.65. The molecule has 0 fully saturated rings. The predicted octanol–water partition coefficient (Wildman–Crippen LogP) is 0.449. The van der Waals surface area contributed by atoms with E-state index >= 15 is 0 Å². The van der Waals surface area contributed by atoms with Crippen LogP contribution in [0.2, 0.25) is 0 Å². The third-order valence-electron chi connectivity index (χ3n) is 0.765. The number of aromatic nitrogens is 2. The fraction of sp³-hybridized carbons (Fsp3) is 0. The van der Waals surface area contributed by atoms with Gasteiger partial charge < -0.3 is 4.98 Å². The fourth-order valence-corrected chi connectivity index (χ4v) is 0.439. The Bertz CT molecular complexity index is 164. The van der Waals surface area contributed by atoms with Crippen molar-refractivity contribution < 1.29 is 0 Å². The molecule has 1 N–H and O–H groups in total. The summed E-state index contributed by atoms with van der Waals surface area (Å²) >= 11 is 0. The van der Waals surface area contributed by atoms with Crippen molar-refractivity contribution in [1.82, 2.24) is 15.7 Å². The molecule has 0 spiro atoms. The first-order chi connectivity index (χ1) is 3.93. The molecule has 1 heterocycles. The molecule has 2 radical (unpaired) electrons. The number of imidazole rings is 1. The quantitative estimate of drug-likeness (QED) is 0.556. The summed E-state index contributed by atoms with van der Waals surface area (Å²) in [4.78, 5) is 6.54. The van der Waals surface area contributed by atoms with Crippen LogP contribution in [-0.2, 0) is 0 Å². The molecule has 1 aromatic heterocycles. The first-order valence-electron chi connectivity index (χ1n) is 2.23. The molecular formula is C5H5N3. The van der Waals surface area contributed by atoms with Crippen LogP contribution in [0, 0.1) is 0 Å². The molecule has 0 unspecified atom stereocenters. The average Bonchev–Trinajstić information content (AvgIpc) is 2.19. The Balaban J connectivity index is 2.77. The summed E-state index contributed by atoms with van der Waals surface area (Å²) in [5.74, 6) is 0. The normalized spacial score (nSPS) is 10.5. The molecule has 0 atom stereocenters. The smallest absolute Gasteiger partial charge is 0.0927 e. The van der Waals surface area contributed by atoms with Crippen molar-refractivity contribution in [2.45, 2.75) is 0 Å². The predicted molar refractivity (Wildman–Crippen MR) is 29.8 cm³/mol. The SMILES string of the molecule is [N]C=Cc1c[nH]cn1. The molecule has 40 valence electrons. The summed E-state index contributed by atoms with van der Waals surface area (Å²) in [6, 6.07) is 0. The van der Waals surface area contributed by atoms with E-state index in [0.717, 1.165) is 11.9 Å². The van der Waals surface area contributed by atoms with E-state index in [0.29, 0.717) is 0 Å². The number of aromatic amines is 1. The maximum absolute atomic E-state index is 8.20. The van der Waals surface area contributed by atoms with Crippen molar-refractivity contribution in [2.24, 2.45) is 0 Å². The lowest BCUT2D eigenvalue weighted by Gasteiger charge is -1.72. The van der Waals surface area contributed by atoms with Gasteiger partial charge in [0.15, 0.2) is 0 Å². The second-order valence-electron chi connectivity index (χ2n) is 1.31. The van der Waals surface area contributed by atoms with E-state index < -0.39 is 0 Å². The highest BCUT2D eigenvalue weighted by Gasteiger charge is 1.81. The van der Waals surface area contributed by atoms with E-state index in [4.69, 9.17) is 5.73 Å². The van der Waals surface area contributed by atoms with Gasteiger partial charge in [0.25, 0.3) is 0 Å². The Morgan fingerprint density at radius 3 is 3.12 bits per heavy atom. The molecule has 0 saturated carbocycles. The highest BCUT2D eigenvalue weighted by atomic mass is 14.8. The van der Waals surface area contributed by atoms with Gasteiger partial charge in [0.2, 0.25) is 0 Å². The van der Waals surface area contributed by atoms with Crippen molar-refractivity contribution in [3.05, 3.63) is 24.4 Å². The summed E-state index contributed by atoms with van der Waals surface area (Å²) in [7, 11) is 0. The maximum Gasteiger partial charge on any atom is 0.0927 e. The Kier molecular flexibility index (Phi) is 1.32. The number of nitrogens with zero attached hydrogens (tertiary/aromatic N) is 2. The Labute approximate surface area is 47.2 Å². The maximum atomic E-state index is 8.20. The van der Waals surface area contributed by atoms with E-state index in [-0.39, 0.29) is 0 Å². The molecular weight excluding hydrogens is 102 g/mol. The summed E-state index contributed by atoms with van der Waals surface area (Å²) in [6.45, 7) is 0. The van der Waals surface area contributed by atoms with E-state index in [2.05, 4.69) is 9.97 Å².